The van der Waals surface area contributed by atoms with E-state index >= 15 is 0 Å². The molecule has 1 amide bonds. The summed E-state index contributed by atoms with van der Waals surface area (Å²) in [7, 11) is 0. The van der Waals surface area contributed by atoms with Gasteiger partial charge in [-0.2, -0.15) is 0 Å². The van der Waals surface area contributed by atoms with Crippen LogP contribution in [0.4, 0.5) is 0 Å². The van der Waals surface area contributed by atoms with Crippen molar-refractivity contribution >= 4 is 23.5 Å². The molecule has 120 valence electrons. The molecule has 0 saturated heterocycles. The molecule has 1 aliphatic rings. The van der Waals surface area contributed by atoms with Gasteiger partial charge < -0.3 is 10.4 Å². The van der Waals surface area contributed by atoms with Gasteiger partial charge in [0.15, 0.2) is 0 Å². The second kappa shape index (κ2) is 6.69. The summed E-state index contributed by atoms with van der Waals surface area (Å²) < 4.78 is 0. The number of hydrogen-bond donors (Lipinski definition) is 2. The van der Waals surface area contributed by atoms with Crippen molar-refractivity contribution in [3.8, 4) is 0 Å². The number of halogens is 1. The van der Waals surface area contributed by atoms with E-state index in [0.29, 0.717) is 17.9 Å². The molecule has 1 saturated carbocycles. The first-order valence-electron chi connectivity index (χ1n) is 7.60. The summed E-state index contributed by atoms with van der Waals surface area (Å²) in [5.41, 5.74) is 0.266. The Balaban J connectivity index is 1.97. The van der Waals surface area contributed by atoms with E-state index in [0.717, 1.165) is 18.4 Å². The molecular formula is C17H22ClNO3. The minimum Gasteiger partial charge on any atom is -0.481 e. The highest BCUT2D eigenvalue weighted by atomic mass is 35.5. The highest BCUT2D eigenvalue weighted by Crippen LogP contribution is 2.28. The zero-order valence-electron chi connectivity index (χ0n) is 12.9. The average molecular weight is 324 g/mol. The number of nitrogens with one attached hydrogen (secondary N) is 1. The van der Waals surface area contributed by atoms with Gasteiger partial charge in [-0.25, -0.2) is 0 Å². The van der Waals surface area contributed by atoms with Gasteiger partial charge in [0.2, 0.25) is 5.91 Å². The summed E-state index contributed by atoms with van der Waals surface area (Å²) >= 11 is 5.89. The van der Waals surface area contributed by atoms with Crippen LogP contribution in [0.3, 0.4) is 0 Å². The number of rotatable bonds is 4. The van der Waals surface area contributed by atoms with Crippen molar-refractivity contribution in [1.82, 2.24) is 5.32 Å². The normalized spacial score (nSPS) is 22.1. The first kappa shape index (κ1) is 16.8. The monoisotopic (exact) mass is 323 g/mol. The van der Waals surface area contributed by atoms with Gasteiger partial charge >= 0.3 is 5.97 Å². The van der Waals surface area contributed by atoms with Crippen LogP contribution in [-0.4, -0.2) is 23.0 Å². The smallest absolute Gasteiger partial charge is 0.306 e. The molecule has 0 atom stereocenters. The lowest BCUT2D eigenvalue weighted by Gasteiger charge is -2.31. The van der Waals surface area contributed by atoms with Crippen LogP contribution in [0.25, 0.3) is 0 Å². The largest absolute Gasteiger partial charge is 0.481 e. The van der Waals surface area contributed by atoms with Gasteiger partial charge in [-0.05, 0) is 57.2 Å². The van der Waals surface area contributed by atoms with Crippen molar-refractivity contribution in [1.29, 1.82) is 0 Å². The zero-order chi connectivity index (χ0) is 16.3. The second-order valence-corrected chi connectivity index (χ2v) is 6.93. The van der Waals surface area contributed by atoms with Gasteiger partial charge in [0.25, 0.3) is 0 Å². The van der Waals surface area contributed by atoms with Gasteiger partial charge in [0, 0.05) is 11.1 Å². The van der Waals surface area contributed by atoms with E-state index in [1.165, 1.54) is 0 Å². The number of benzene rings is 1. The van der Waals surface area contributed by atoms with Crippen molar-refractivity contribution in [2.45, 2.75) is 51.0 Å². The molecule has 1 fully saturated rings. The molecule has 22 heavy (non-hydrogen) atoms. The van der Waals surface area contributed by atoms with Crippen LogP contribution < -0.4 is 5.32 Å². The van der Waals surface area contributed by atoms with Crippen LogP contribution in [0.2, 0.25) is 5.02 Å². The lowest BCUT2D eigenvalue weighted by molar-refractivity contribution is -0.142. The molecule has 0 radical (unpaired) electrons. The standard InChI is InChI=1S/C17H22ClNO3/c1-17(2,12-5-7-13(18)8-6-12)16(22)19-14-9-3-11(4-10-14)15(20)21/h5-8,11,14H,3-4,9-10H2,1-2H3,(H,19,22)(H,20,21). The van der Waals surface area contributed by atoms with Crippen molar-refractivity contribution in [3.63, 3.8) is 0 Å². The minimum atomic E-state index is -0.730. The van der Waals surface area contributed by atoms with Crippen LogP contribution in [-0.2, 0) is 15.0 Å². The molecule has 1 aliphatic carbocycles. The Morgan fingerprint density at radius 1 is 1.14 bits per heavy atom. The molecule has 2 N–H and O–H groups in total. The molecule has 0 aromatic heterocycles. The van der Waals surface area contributed by atoms with Crippen molar-refractivity contribution in [3.05, 3.63) is 34.9 Å². The molecule has 0 aliphatic heterocycles. The van der Waals surface area contributed by atoms with E-state index in [1.54, 1.807) is 12.1 Å². The third-order valence-electron chi connectivity index (χ3n) is 4.55. The van der Waals surface area contributed by atoms with Gasteiger partial charge in [-0.15, -0.1) is 0 Å². The third kappa shape index (κ3) is 3.80. The van der Waals surface area contributed by atoms with Crippen LogP contribution in [0.15, 0.2) is 24.3 Å². The summed E-state index contributed by atoms with van der Waals surface area (Å²) in [6.45, 7) is 3.77. The molecule has 0 unspecified atom stereocenters. The van der Waals surface area contributed by atoms with E-state index in [2.05, 4.69) is 5.32 Å². The van der Waals surface area contributed by atoms with E-state index in [9.17, 15) is 9.59 Å². The maximum atomic E-state index is 12.6. The van der Waals surface area contributed by atoms with Crippen molar-refractivity contribution in [2.75, 3.05) is 0 Å². The Bertz CT molecular complexity index is 546. The molecule has 4 nitrogen and oxygen atoms in total. The predicted molar refractivity (Wildman–Crippen MR) is 86.0 cm³/mol. The Labute approximate surface area is 135 Å². The fourth-order valence-electron chi connectivity index (χ4n) is 2.85. The lowest BCUT2D eigenvalue weighted by atomic mass is 9.82. The van der Waals surface area contributed by atoms with E-state index in [1.807, 2.05) is 26.0 Å². The van der Waals surface area contributed by atoms with Gasteiger partial charge in [-0.1, -0.05) is 23.7 Å². The topological polar surface area (TPSA) is 66.4 Å². The van der Waals surface area contributed by atoms with E-state index < -0.39 is 11.4 Å². The molecule has 1 aromatic carbocycles. The highest BCUT2D eigenvalue weighted by molar-refractivity contribution is 6.30. The Morgan fingerprint density at radius 2 is 1.68 bits per heavy atom. The summed E-state index contributed by atoms with van der Waals surface area (Å²) in [6.07, 6.45) is 2.70. The quantitative estimate of drug-likeness (QED) is 0.892. The summed E-state index contributed by atoms with van der Waals surface area (Å²) in [5, 5.41) is 12.7. The molecule has 0 spiro atoms. The Morgan fingerprint density at radius 3 is 2.18 bits per heavy atom. The number of carboxylic acids is 1. The molecule has 5 heteroatoms. The maximum absolute atomic E-state index is 12.6. The Hall–Kier alpha value is -1.55. The zero-order valence-corrected chi connectivity index (χ0v) is 13.7. The molecule has 2 rings (SSSR count). The number of carboxylic acid groups (broad SMARTS) is 1. The summed E-state index contributed by atoms with van der Waals surface area (Å²) in [5.74, 6) is -1.03. The Kier molecular flexibility index (Phi) is 5.12. The predicted octanol–water partition coefficient (Wildman–Crippen LogP) is 3.38. The van der Waals surface area contributed by atoms with Crippen molar-refractivity contribution in [2.24, 2.45) is 5.92 Å². The van der Waals surface area contributed by atoms with Crippen LogP contribution in [0, 0.1) is 5.92 Å². The van der Waals surface area contributed by atoms with Crippen LogP contribution in [0.1, 0.15) is 45.1 Å². The van der Waals surface area contributed by atoms with Crippen LogP contribution >= 0.6 is 11.6 Å². The fraction of sp³-hybridized carbons (Fsp3) is 0.529. The average Bonchev–Trinajstić information content (AvgIpc) is 2.48. The van der Waals surface area contributed by atoms with Gasteiger partial charge in [-0.3, -0.25) is 9.59 Å². The maximum Gasteiger partial charge on any atom is 0.306 e. The molecular weight excluding hydrogens is 302 g/mol. The molecule has 0 bridgehead atoms. The van der Waals surface area contributed by atoms with Crippen LogP contribution in [0.5, 0.6) is 0 Å². The first-order chi connectivity index (χ1) is 10.3. The second-order valence-electron chi connectivity index (χ2n) is 6.49. The van der Waals surface area contributed by atoms with E-state index in [4.69, 9.17) is 16.7 Å². The summed E-state index contributed by atoms with van der Waals surface area (Å²) in [4.78, 5) is 23.5. The van der Waals surface area contributed by atoms with Gasteiger partial charge in [0.1, 0.15) is 0 Å². The number of amides is 1. The summed E-state index contributed by atoms with van der Waals surface area (Å²) in [6, 6.07) is 7.36. The fourth-order valence-corrected chi connectivity index (χ4v) is 2.97. The number of carbonyl (C=O) groups excluding carboxylic acids is 1. The number of aliphatic carboxylic acids is 1. The molecule has 0 heterocycles. The number of carbonyl (C=O) groups is 2. The SMILES string of the molecule is CC(C)(C(=O)NC1CCC(C(=O)O)CC1)c1ccc(Cl)cc1. The number of hydrogen-bond acceptors (Lipinski definition) is 2. The minimum absolute atomic E-state index is 0.0337. The molecule has 1 aromatic rings. The van der Waals surface area contributed by atoms with Crippen molar-refractivity contribution < 1.29 is 14.7 Å². The van der Waals surface area contributed by atoms with Gasteiger partial charge in [0.05, 0.1) is 11.3 Å². The lowest BCUT2D eigenvalue weighted by Crippen LogP contribution is -2.46. The van der Waals surface area contributed by atoms with E-state index in [-0.39, 0.29) is 17.9 Å². The highest BCUT2D eigenvalue weighted by Gasteiger charge is 2.33. The first-order valence-corrected chi connectivity index (χ1v) is 7.98. The third-order valence-corrected chi connectivity index (χ3v) is 4.80.